The Kier molecular flexibility index (Phi) is 3.74. The summed E-state index contributed by atoms with van der Waals surface area (Å²) in [7, 11) is 0. The Morgan fingerprint density at radius 3 is 3.16 bits per heavy atom. The van der Waals surface area contributed by atoms with Gasteiger partial charge in [0, 0.05) is 23.8 Å². The molecule has 2 heterocycles. The average Bonchev–Trinajstić information content (AvgIpc) is 3.02. The number of aromatic nitrogens is 4. The molecule has 0 radical (unpaired) electrons. The fourth-order valence-electron chi connectivity index (χ4n) is 1.76. The van der Waals surface area contributed by atoms with Gasteiger partial charge in [-0.2, -0.15) is 0 Å². The van der Waals surface area contributed by atoms with Gasteiger partial charge < -0.3 is 5.32 Å². The van der Waals surface area contributed by atoms with Crippen LogP contribution in [0, 0.1) is 0 Å². The van der Waals surface area contributed by atoms with Crippen molar-refractivity contribution in [2.45, 2.75) is 13.0 Å². The minimum atomic E-state index is 0.865. The van der Waals surface area contributed by atoms with E-state index in [4.69, 9.17) is 0 Å². The second kappa shape index (κ2) is 5.66. The first-order valence-electron chi connectivity index (χ1n) is 5.95. The van der Waals surface area contributed by atoms with Gasteiger partial charge in [0.15, 0.2) is 5.13 Å². The number of aryl methyl sites for hydroxylation is 1. The lowest BCUT2D eigenvalue weighted by atomic mass is 10.3. The van der Waals surface area contributed by atoms with Gasteiger partial charge in [-0.15, -0.1) is 5.10 Å². The fourth-order valence-corrected chi connectivity index (χ4v) is 2.99. The Morgan fingerprint density at radius 1 is 1.37 bits per heavy atom. The van der Waals surface area contributed by atoms with Gasteiger partial charge in [0.05, 0.1) is 16.4 Å². The molecule has 0 aliphatic rings. The van der Waals surface area contributed by atoms with Crippen LogP contribution in [0.25, 0.3) is 10.2 Å². The molecule has 1 N–H and O–H groups in total. The van der Waals surface area contributed by atoms with Gasteiger partial charge >= 0.3 is 0 Å². The molecule has 7 heteroatoms. The standard InChI is InChI=1S/C12H12BrN5S/c13-9-2-3-11-10(8-9)16-12(19-11)14-4-1-6-18-7-5-15-17-18/h2-3,5,7-8H,1,4,6H2,(H,14,16). The van der Waals surface area contributed by atoms with Gasteiger partial charge in [-0.3, -0.25) is 4.68 Å². The van der Waals surface area contributed by atoms with Crippen LogP contribution in [-0.2, 0) is 6.54 Å². The summed E-state index contributed by atoms with van der Waals surface area (Å²) >= 11 is 5.13. The zero-order valence-corrected chi connectivity index (χ0v) is 12.5. The number of anilines is 1. The van der Waals surface area contributed by atoms with Crippen molar-refractivity contribution >= 4 is 42.6 Å². The number of hydrogen-bond donors (Lipinski definition) is 1. The van der Waals surface area contributed by atoms with E-state index in [2.05, 4.69) is 42.6 Å². The molecule has 0 aliphatic carbocycles. The van der Waals surface area contributed by atoms with Crippen molar-refractivity contribution in [3.05, 3.63) is 35.1 Å². The first-order valence-corrected chi connectivity index (χ1v) is 7.56. The molecular weight excluding hydrogens is 326 g/mol. The van der Waals surface area contributed by atoms with Crippen LogP contribution in [0.5, 0.6) is 0 Å². The summed E-state index contributed by atoms with van der Waals surface area (Å²) in [6, 6.07) is 6.15. The normalized spacial score (nSPS) is 11.0. The molecule has 0 atom stereocenters. The highest BCUT2D eigenvalue weighted by molar-refractivity contribution is 9.10. The van der Waals surface area contributed by atoms with Crippen molar-refractivity contribution in [1.29, 1.82) is 0 Å². The summed E-state index contributed by atoms with van der Waals surface area (Å²) in [6.45, 7) is 1.74. The molecule has 0 bridgehead atoms. The van der Waals surface area contributed by atoms with E-state index >= 15 is 0 Å². The van der Waals surface area contributed by atoms with E-state index < -0.39 is 0 Å². The van der Waals surface area contributed by atoms with E-state index in [1.165, 1.54) is 4.70 Å². The monoisotopic (exact) mass is 337 g/mol. The maximum Gasteiger partial charge on any atom is 0.183 e. The summed E-state index contributed by atoms with van der Waals surface area (Å²) in [6.07, 6.45) is 4.55. The maximum absolute atomic E-state index is 4.55. The van der Waals surface area contributed by atoms with Crippen molar-refractivity contribution in [3.63, 3.8) is 0 Å². The van der Waals surface area contributed by atoms with Gasteiger partial charge in [-0.05, 0) is 24.6 Å². The molecule has 3 aromatic rings. The van der Waals surface area contributed by atoms with E-state index in [-0.39, 0.29) is 0 Å². The Morgan fingerprint density at radius 2 is 2.32 bits per heavy atom. The van der Waals surface area contributed by atoms with Crippen LogP contribution in [0.3, 0.4) is 0 Å². The van der Waals surface area contributed by atoms with Crippen LogP contribution < -0.4 is 5.32 Å². The highest BCUT2D eigenvalue weighted by atomic mass is 79.9. The molecule has 98 valence electrons. The van der Waals surface area contributed by atoms with Crippen LogP contribution in [0.2, 0.25) is 0 Å². The summed E-state index contributed by atoms with van der Waals surface area (Å²) in [5.74, 6) is 0. The number of fused-ring (bicyclic) bond motifs is 1. The highest BCUT2D eigenvalue weighted by Gasteiger charge is 2.03. The molecule has 0 saturated heterocycles. The first kappa shape index (κ1) is 12.6. The third kappa shape index (κ3) is 3.10. The molecular formula is C12H12BrN5S. The van der Waals surface area contributed by atoms with Gasteiger partial charge in [0.1, 0.15) is 0 Å². The van der Waals surface area contributed by atoms with Crippen LogP contribution in [-0.4, -0.2) is 26.5 Å². The molecule has 0 amide bonds. The number of halogens is 1. The number of hydrogen-bond acceptors (Lipinski definition) is 5. The second-order valence-corrected chi connectivity index (χ2v) is 6.02. The number of thiazole rings is 1. The lowest BCUT2D eigenvalue weighted by Crippen LogP contribution is -2.07. The third-order valence-electron chi connectivity index (χ3n) is 2.66. The fraction of sp³-hybridized carbons (Fsp3) is 0.250. The molecule has 3 rings (SSSR count). The zero-order chi connectivity index (χ0) is 13.1. The highest BCUT2D eigenvalue weighted by Crippen LogP contribution is 2.27. The lowest BCUT2D eigenvalue weighted by Gasteiger charge is -2.01. The molecule has 2 aromatic heterocycles. The molecule has 19 heavy (non-hydrogen) atoms. The largest absolute Gasteiger partial charge is 0.361 e. The molecule has 0 saturated carbocycles. The van der Waals surface area contributed by atoms with E-state index in [0.29, 0.717) is 0 Å². The van der Waals surface area contributed by atoms with Gasteiger partial charge in [0.25, 0.3) is 0 Å². The average molecular weight is 338 g/mol. The Balaban J connectivity index is 1.56. The van der Waals surface area contributed by atoms with E-state index in [0.717, 1.165) is 34.6 Å². The topological polar surface area (TPSA) is 55.6 Å². The first-order chi connectivity index (χ1) is 9.31. The molecule has 0 spiro atoms. The summed E-state index contributed by atoms with van der Waals surface area (Å²) in [4.78, 5) is 4.55. The lowest BCUT2D eigenvalue weighted by molar-refractivity contribution is 0.570. The molecule has 1 aromatic carbocycles. The predicted molar refractivity (Wildman–Crippen MR) is 80.4 cm³/mol. The predicted octanol–water partition coefficient (Wildman–Crippen LogP) is 3.15. The Bertz CT molecular complexity index is 664. The summed E-state index contributed by atoms with van der Waals surface area (Å²) in [5, 5.41) is 12.0. The van der Waals surface area contributed by atoms with Crippen molar-refractivity contribution in [2.24, 2.45) is 0 Å². The maximum atomic E-state index is 4.55. The molecule has 0 fully saturated rings. The van der Waals surface area contributed by atoms with Gasteiger partial charge in [0.2, 0.25) is 0 Å². The smallest absolute Gasteiger partial charge is 0.183 e. The number of nitrogens with zero attached hydrogens (tertiary/aromatic N) is 4. The number of rotatable bonds is 5. The Labute approximate surface area is 122 Å². The molecule has 0 aliphatic heterocycles. The SMILES string of the molecule is Brc1ccc2sc(NCCCn3ccnn3)nc2c1. The van der Waals surface area contributed by atoms with Crippen LogP contribution >= 0.6 is 27.3 Å². The van der Waals surface area contributed by atoms with Crippen LogP contribution in [0.1, 0.15) is 6.42 Å². The summed E-state index contributed by atoms with van der Waals surface area (Å²) in [5.41, 5.74) is 1.03. The van der Waals surface area contributed by atoms with E-state index in [9.17, 15) is 0 Å². The minimum absolute atomic E-state index is 0.865. The number of benzene rings is 1. The molecule has 0 unspecified atom stereocenters. The van der Waals surface area contributed by atoms with Gasteiger partial charge in [-0.25, -0.2) is 4.98 Å². The van der Waals surface area contributed by atoms with Crippen molar-refractivity contribution in [3.8, 4) is 0 Å². The zero-order valence-electron chi connectivity index (χ0n) is 10.1. The van der Waals surface area contributed by atoms with Crippen LogP contribution in [0.4, 0.5) is 5.13 Å². The van der Waals surface area contributed by atoms with E-state index in [1.807, 2.05) is 23.0 Å². The quantitative estimate of drug-likeness (QED) is 0.726. The Hall–Kier alpha value is -1.47. The summed E-state index contributed by atoms with van der Waals surface area (Å²) < 4.78 is 4.09. The van der Waals surface area contributed by atoms with Crippen LogP contribution in [0.15, 0.2) is 35.1 Å². The van der Waals surface area contributed by atoms with Crippen molar-refractivity contribution < 1.29 is 0 Å². The third-order valence-corrected chi connectivity index (χ3v) is 4.15. The van der Waals surface area contributed by atoms with E-state index in [1.54, 1.807) is 17.5 Å². The van der Waals surface area contributed by atoms with Crippen molar-refractivity contribution in [2.75, 3.05) is 11.9 Å². The minimum Gasteiger partial charge on any atom is -0.361 e. The van der Waals surface area contributed by atoms with Crippen molar-refractivity contribution in [1.82, 2.24) is 20.0 Å². The van der Waals surface area contributed by atoms with Gasteiger partial charge in [-0.1, -0.05) is 32.5 Å². The molecule has 5 nitrogen and oxygen atoms in total. The second-order valence-electron chi connectivity index (χ2n) is 4.08. The number of nitrogens with one attached hydrogen (secondary N) is 1.